The molecule has 3 N–H and O–H groups in total. The van der Waals surface area contributed by atoms with Crippen LogP contribution in [0.4, 0.5) is 4.39 Å². The predicted molar refractivity (Wildman–Crippen MR) is 84.2 cm³/mol. The van der Waals surface area contributed by atoms with E-state index in [9.17, 15) is 9.18 Å². The summed E-state index contributed by atoms with van der Waals surface area (Å²) in [5.41, 5.74) is 0.532. The number of carbonyl (C=O) groups excluding carboxylic acids is 1. The summed E-state index contributed by atoms with van der Waals surface area (Å²) in [7, 11) is 0. The Morgan fingerprint density at radius 3 is 2.95 bits per heavy atom. The molecule has 1 amide bonds. The van der Waals surface area contributed by atoms with Crippen LogP contribution in [0, 0.1) is 5.82 Å². The lowest BCUT2D eigenvalue weighted by molar-refractivity contribution is -0.120. The second-order valence-electron chi connectivity index (χ2n) is 4.74. The second-order valence-corrected chi connectivity index (χ2v) is 6.05. The third-order valence-electron chi connectivity index (χ3n) is 2.95. The molecule has 2 rings (SSSR count). The standard InChI is InChI=1S/C14H18FN5OS/c1-3-7-17-13(21)9(2)22-14-19-18-12(20(14)16)10-5-4-6-11(15)8-10/h4-6,8-9H,3,7,16H2,1-2H3,(H,17,21)/t9-/m0/s1. The molecule has 0 bridgehead atoms. The molecule has 1 aromatic heterocycles. The van der Waals surface area contributed by atoms with Gasteiger partial charge in [0.25, 0.3) is 0 Å². The lowest BCUT2D eigenvalue weighted by atomic mass is 10.2. The summed E-state index contributed by atoms with van der Waals surface area (Å²) in [5.74, 6) is 5.85. The molecule has 8 heteroatoms. The highest BCUT2D eigenvalue weighted by molar-refractivity contribution is 8.00. The van der Waals surface area contributed by atoms with Gasteiger partial charge in [-0.2, -0.15) is 0 Å². The number of nitrogens with two attached hydrogens (primary N) is 1. The fraction of sp³-hybridized carbons (Fsp3) is 0.357. The fourth-order valence-electron chi connectivity index (χ4n) is 1.79. The minimum atomic E-state index is -0.373. The van der Waals surface area contributed by atoms with Crippen LogP contribution in [0.1, 0.15) is 20.3 Å². The predicted octanol–water partition coefficient (Wildman–Crippen LogP) is 1.80. The lowest BCUT2D eigenvalue weighted by Gasteiger charge is -2.10. The van der Waals surface area contributed by atoms with Crippen molar-refractivity contribution in [3.8, 4) is 11.4 Å². The van der Waals surface area contributed by atoms with Crippen LogP contribution in [0.5, 0.6) is 0 Å². The molecule has 1 aromatic carbocycles. The number of aromatic nitrogens is 3. The van der Waals surface area contributed by atoms with E-state index in [-0.39, 0.29) is 17.0 Å². The number of benzene rings is 1. The van der Waals surface area contributed by atoms with Crippen molar-refractivity contribution in [3.63, 3.8) is 0 Å². The van der Waals surface area contributed by atoms with Crippen LogP contribution in [0.15, 0.2) is 29.4 Å². The molecule has 0 radical (unpaired) electrons. The highest BCUT2D eigenvalue weighted by atomic mass is 32.2. The van der Waals surface area contributed by atoms with Crippen molar-refractivity contribution >= 4 is 17.7 Å². The number of nitrogens with zero attached hydrogens (tertiary/aromatic N) is 3. The minimum absolute atomic E-state index is 0.0813. The first kappa shape index (κ1) is 16.3. The maximum Gasteiger partial charge on any atom is 0.233 e. The fourth-order valence-corrected chi connectivity index (χ4v) is 2.58. The zero-order chi connectivity index (χ0) is 16.1. The van der Waals surface area contributed by atoms with E-state index >= 15 is 0 Å². The number of rotatable bonds is 6. The average Bonchev–Trinajstić information content (AvgIpc) is 2.86. The second kappa shape index (κ2) is 7.26. The first-order valence-corrected chi connectivity index (χ1v) is 7.81. The van der Waals surface area contributed by atoms with Gasteiger partial charge in [0.2, 0.25) is 11.1 Å². The Hall–Kier alpha value is -2.09. The van der Waals surface area contributed by atoms with Crippen LogP contribution < -0.4 is 11.2 Å². The molecule has 22 heavy (non-hydrogen) atoms. The topological polar surface area (TPSA) is 85.8 Å². The van der Waals surface area contributed by atoms with Gasteiger partial charge in [-0.05, 0) is 25.5 Å². The zero-order valence-electron chi connectivity index (χ0n) is 12.4. The van der Waals surface area contributed by atoms with E-state index in [1.807, 2.05) is 6.92 Å². The summed E-state index contributed by atoms with van der Waals surface area (Å²) < 4.78 is 14.5. The maximum absolute atomic E-state index is 13.3. The number of carbonyl (C=O) groups is 1. The van der Waals surface area contributed by atoms with Crippen LogP contribution in [-0.2, 0) is 4.79 Å². The number of hydrogen-bond donors (Lipinski definition) is 2. The van der Waals surface area contributed by atoms with Crippen molar-refractivity contribution < 1.29 is 9.18 Å². The Kier molecular flexibility index (Phi) is 5.37. The van der Waals surface area contributed by atoms with Gasteiger partial charge in [0.1, 0.15) is 5.82 Å². The largest absolute Gasteiger partial charge is 0.355 e. The van der Waals surface area contributed by atoms with Gasteiger partial charge in [-0.1, -0.05) is 30.8 Å². The molecule has 1 atom stereocenters. The number of halogens is 1. The molecule has 0 aliphatic heterocycles. The van der Waals surface area contributed by atoms with Crippen LogP contribution in [0.3, 0.4) is 0 Å². The summed E-state index contributed by atoms with van der Waals surface area (Å²) in [6.45, 7) is 4.39. The van der Waals surface area contributed by atoms with Crippen LogP contribution in [0.25, 0.3) is 11.4 Å². The Labute approximate surface area is 132 Å². The third-order valence-corrected chi connectivity index (χ3v) is 4.00. The van der Waals surface area contributed by atoms with E-state index in [4.69, 9.17) is 5.84 Å². The van der Waals surface area contributed by atoms with Gasteiger partial charge < -0.3 is 11.2 Å². The highest BCUT2D eigenvalue weighted by Gasteiger charge is 2.19. The van der Waals surface area contributed by atoms with E-state index in [0.29, 0.717) is 23.1 Å². The average molecular weight is 323 g/mol. The molecule has 1 heterocycles. The van der Waals surface area contributed by atoms with Crippen molar-refractivity contribution in [1.82, 2.24) is 20.2 Å². The van der Waals surface area contributed by atoms with E-state index < -0.39 is 0 Å². The molecule has 6 nitrogen and oxygen atoms in total. The molecule has 0 aliphatic carbocycles. The van der Waals surface area contributed by atoms with E-state index in [1.165, 1.54) is 28.6 Å². The molecule has 118 valence electrons. The quantitative estimate of drug-likeness (QED) is 0.625. The van der Waals surface area contributed by atoms with E-state index in [1.54, 1.807) is 19.1 Å². The summed E-state index contributed by atoms with van der Waals surface area (Å²) in [4.78, 5) is 11.9. The van der Waals surface area contributed by atoms with E-state index in [0.717, 1.165) is 6.42 Å². The molecule has 0 saturated carbocycles. The molecule has 0 saturated heterocycles. The first-order valence-electron chi connectivity index (χ1n) is 6.93. The molecule has 0 aliphatic rings. The molecule has 0 fully saturated rings. The number of nitrogen functional groups attached to an aromatic ring is 1. The van der Waals surface area contributed by atoms with E-state index in [2.05, 4.69) is 15.5 Å². The van der Waals surface area contributed by atoms with Crippen molar-refractivity contribution in [3.05, 3.63) is 30.1 Å². The smallest absolute Gasteiger partial charge is 0.233 e. The monoisotopic (exact) mass is 323 g/mol. The van der Waals surface area contributed by atoms with Gasteiger partial charge in [-0.3, -0.25) is 4.79 Å². The van der Waals surface area contributed by atoms with Crippen molar-refractivity contribution in [2.24, 2.45) is 0 Å². The molecular weight excluding hydrogens is 305 g/mol. The van der Waals surface area contributed by atoms with Crippen LogP contribution in [0.2, 0.25) is 0 Å². The number of thioether (sulfide) groups is 1. The van der Waals surface area contributed by atoms with Gasteiger partial charge in [0, 0.05) is 12.1 Å². The summed E-state index contributed by atoms with van der Waals surface area (Å²) in [5, 5.41) is 10.8. The minimum Gasteiger partial charge on any atom is -0.355 e. The van der Waals surface area contributed by atoms with Crippen molar-refractivity contribution in [2.75, 3.05) is 12.4 Å². The SMILES string of the molecule is CCCNC(=O)[C@H](C)Sc1nnc(-c2cccc(F)c2)n1N. The molecule has 0 unspecified atom stereocenters. The van der Waals surface area contributed by atoms with Gasteiger partial charge in [-0.15, -0.1) is 10.2 Å². The maximum atomic E-state index is 13.3. The summed E-state index contributed by atoms with van der Waals surface area (Å²) in [6, 6.07) is 5.95. The molecule has 0 spiro atoms. The molecule has 2 aromatic rings. The Bertz CT molecular complexity index is 660. The summed E-state index contributed by atoms with van der Waals surface area (Å²) >= 11 is 1.21. The van der Waals surface area contributed by atoms with Gasteiger partial charge in [0.05, 0.1) is 5.25 Å². The number of amides is 1. The van der Waals surface area contributed by atoms with Gasteiger partial charge in [0.15, 0.2) is 5.82 Å². The van der Waals surface area contributed by atoms with Crippen molar-refractivity contribution in [2.45, 2.75) is 30.7 Å². The molecular formula is C14H18FN5OS. The Balaban J connectivity index is 2.13. The van der Waals surface area contributed by atoms with Crippen LogP contribution in [-0.4, -0.2) is 32.6 Å². The zero-order valence-corrected chi connectivity index (χ0v) is 13.2. The van der Waals surface area contributed by atoms with Gasteiger partial charge >= 0.3 is 0 Å². The third kappa shape index (κ3) is 3.76. The Morgan fingerprint density at radius 1 is 1.50 bits per heavy atom. The Morgan fingerprint density at radius 2 is 2.27 bits per heavy atom. The van der Waals surface area contributed by atoms with Crippen LogP contribution >= 0.6 is 11.8 Å². The summed E-state index contributed by atoms with van der Waals surface area (Å²) in [6.07, 6.45) is 0.875. The first-order chi connectivity index (χ1) is 10.5. The number of hydrogen-bond acceptors (Lipinski definition) is 5. The van der Waals surface area contributed by atoms with Gasteiger partial charge in [-0.25, -0.2) is 9.07 Å². The van der Waals surface area contributed by atoms with Crippen molar-refractivity contribution in [1.29, 1.82) is 0 Å². The lowest BCUT2D eigenvalue weighted by Crippen LogP contribution is -2.31. The highest BCUT2D eigenvalue weighted by Crippen LogP contribution is 2.25. The normalized spacial score (nSPS) is 12.1. The number of nitrogens with one attached hydrogen (secondary N) is 1.